The van der Waals surface area contributed by atoms with E-state index in [1.165, 1.54) is 0 Å². The maximum absolute atomic E-state index is 13.6. The number of hydrogen-bond acceptors (Lipinski definition) is 3. The molecule has 0 amide bonds. The third-order valence-electron chi connectivity index (χ3n) is 2.91. The molecule has 0 saturated carbocycles. The minimum Gasteiger partial charge on any atom is -0.313 e. The molecule has 2 rings (SSSR count). The Morgan fingerprint density at radius 3 is 2.62 bits per heavy atom. The molecule has 1 aromatic rings. The van der Waals surface area contributed by atoms with Gasteiger partial charge in [0.1, 0.15) is 16.5 Å². The first kappa shape index (κ1) is 18.5. The summed E-state index contributed by atoms with van der Waals surface area (Å²) in [7, 11) is -4.01. The Morgan fingerprint density at radius 2 is 2.00 bits per heavy atom. The van der Waals surface area contributed by atoms with Crippen LogP contribution in [0, 0.1) is 11.6 Å². The van der Waals surface area contributed by atoms with Gasteiger partial charge in [-0.3, -0.25) is 0 Å². The van der Waals surface area contributed by atoms with Crippen molar-refractivity contribution < 1.29 is 17.2 Å². The Kier molecular flexibility index (Phi) is 6.73. The molecular weight excluding hydrogens is 390 g/mol. The second-order valence-corrected chi connectivity index (χ2v) is 6.93. The van der Waals surface area contributed by atoms with Crippen LogP contribution in [0.5, 0.6) is 0 Å². The summed E-state index contributed by atoms with van der Waals surface area (Å²) in [5, 5.41) is 3.10. The maximum atomic E-state index is 13.6. The second-order valence-electron chi connectivity index (χ2n) is 4.34. The molecule has 0 aliphatic carbocycles. The van der Waals surface area contributed by atoms with Gasteiger partial charge >= 0.3 is 0 Å². The lowest BCUT2D eigenvalue weighted by Crippen LogP contribution is -2.30. The molecule has 118 valence electrons. The zero-order chi connectivity index (χ0) is 14.8. The van der Waals surface area contributed by atoms with E-state index in [9.17, 15) is 17.2 Å². The van der Waals surface area contributed by atoms with Crippen molar-refractivity contribution in [1.82, 2.24) is 10.0 Å². The van der Waals surface area contributed by atoms with E-state index in [4.69, 9.17) is 0 Å². The summed E-state index contributed by atoms with van der Waals surface area (Å²) in [5.41, 5.74) is 0.939. The van der Waals surface area contributed by atoms with Gasteiger partial charge < -0.3 is 5.32 Å². The Hall–Kier alpha value is -0.540. The Balaban J connectivity index is 0.00000220. The molecule has 0 unspecified atom stereocenters. The molecule has 1 aliphatic rings. The van der Waals surface area contributed by atoms with Crippen LogP contribution in [-0.2, 0) is 10.0 Å². The Labute approximate surface area is 136 Å². The lowest BCUT2D eigenvalue weighted by Gasteiger charge is -2.15. The van der Waals surface area contributed by atoms with Crippen LogP contribution in [-0.4, -0.2) is 28.1 Å². The largest absolute Gasteiger partial charge is 0.313 e. The van der Waals surface area contributed by atoms with Crippen molar-refractivity contribution in [3.05, 3.63) is 39.9 Å². The quantitative estimate of drug-likeness (QED) is 0.599. The molecule has 21 heavy (non-hydrogen) atoms. The predicted molar refractivity (Wildman–Crippen MR) is 82.1 cm³/mol. The van der Waals surface area contributed by atoms with Crippen molar-refractivity contribution in [3.63, 3.8) is 0 Å². The van der Waals surface area contributed by atoms with Gasteiger partial charge in [0.15, 0.2) is 0 Å². The van der Waals surface area contributed by atoms with Gasteiger partial charge in [0.25, 0.3) is 0 Å². The van der Waals surface area contributed by atoms with Gasteiger partial charge in [0.05, 0.1) is 4.47 Å². The molecule has 2 N–H and O–H groups in total. The van der Waals surface area contributed by atoms with Crippen LogP contribution in [0.4, 0.5) is 8.78 Å². The molecule has 1 heterocycles. The molecule has 0 aromatic heterocycles. The molecule has 9 heteroatoms. The van der Waals surface area contributed by atoms with E-state index >= 15 is 0 Å². The molecule has 0 fully saturated rings. The minimum atomic E-state index is -4.01. The Morgan fingerprint density at radius 1 is 1.29 bits per heavy atom. The third kappa shape index (κ3) is 4.72. The van der Waals surface area contributed by atoms with Crippen LogP contribution >= 0.6 is 28.3 Å². The van der Waals surface area contributed by atoms with Gasteiger partial charge in [0.2, 0.25) is 10.0 Å². The summed E-state index contributed by atoms with van der Waals surface area (Å²) in [6.07, 6.45) is 2.63. The zero-order valence-corrected chi connectivity index (χ0v) is 14.0. The van der Waals surface area contributed by atoms with Crippen molar-refractivity contribution in [3.8, 4) is 0 Å². The first-order valence-electron chi connectivity index (χ1n) is 5.93. The number of hydrogen-bond donors (Lipinski definition) is 2. The maximum Gasteiger partial charge on any atom is 0.243 e. The summed E-state index contributed by atoms with van der Waals surface area (Å²) in [6, 6.07) is 1.46. The van der Waals surface area contributed by atoms with Gasteiger partial charge in [-0.15, -0.1) is 12.4 Å². The van der Waals surface area contributed by atoms with Crippen molar-refractivity contribution in [2.75, 3.05) is 19.6 Å². The summed E-state index contributed by atoms with van der Waals surface area (Å²) in [5.74, 6) is -1.96. The number of rotatable bonds is 4. The van der Waals surface area contributed by atoms with E-state index in [0.717, 1.165) is 24.6 Å². The van der Waals surface area contributed by atoms with E-state index < -0.39 is 26.6 Å². The van der Waals surface area contributed by atoms with Crippen LogP contribution in [0.3, 0.4) is 0 Å². The normalized spacial score (nSPS) is 15.3. The lowest BCUT2D eigenvalue weighted by atomic mass is 10.1. The van der Waals surface area contributed by atoms with Crippen molar-refractivity contribution in [2.24, 2.45) is 0 Å². The van der Waals surface area contributed by atoms with Crippen LogP contribution in [0.2, 0.25) is 0 Å². The number of benzene rings is 1. The van der Waals surface area contributed by atoms with Gasteiger partial charge in [-0.05, 0) is 35.0 Å². The lowest BCUT2D eigenvalue weighted by molar-refractivity contribution is 0.541. The number of nitrogens with one attached hydrogen (secondary N) is 2. The standard InChI is InChI=1S/C12H13BrF2N2O2S.ClH/c13-9-5-12(11(15)6-10(9)14)20(18,19)17-7-8-1-3-16-4-2-8;/h1,5-6,16-17H,2-4,7H2;1H. The summed E-state index contributed by atoms with van der Waals surface area (Å²) < 4.78 is 53.0. The molecule has 0 radical (unpaired) electrons. The first-order valence-corrected chi connectivity index (χ1v) is 8.20. The van der Waals surface area contributed by atoms with Crippen LogP contribution < -0.4 is 10.0 Å². The molecule has 4 nitrogen and oxygen atoms in total. The van der Waals surface area contributed by atoms with Gasteiger partial charge in [-0.2, -0.15) is 0 Å². The average Bonchev–Trinajstić information content (AvgIpc) is 2.42. The third-order valence-corrected chi connectivity index (χ3v) is 4.94. The number of halogens is 4. The fourth-order valence-corrected chi connectivity index (χ4v) is 3.42. The highest BCUT2D eigenvalue weighted by Gasteiger charge is 2.21. The highest BCUT2D eigenvalue weighted by Crippen LogP contribution is 2.23. The second kappa shape index (κ2) is 7.64. The van der Waals surface area contributed by atoms with Crippen molar-refractivity contribution in [1.29, 1.82) is 0 Å². The molecule has 0 spiro atoms. The SMILES string of the molecule is Cl.O=S(=O)(NCC1=CCNCC1)c1cc(Br)c(F)cc1F. The average molecular weight is 404 g/mol. The first-order chi connectivity index (χ1) is 9.40. The minimum absolute atomic E-state index is 0. The van der Waals surface area contributed by atoms with Crippen LogP contribution in [0.1, 0.15) is 6.42 Å². The van der Waals surface area contributed by atoms with E-state index in [1.54, 1.807) is 0 Å². The van der Waals surface area contributed by atoms with Gasteiger partial charge in [-0.25, -0.2) is 21.9 Å². The molecule has 1 aliphatic heterocycles. The number of sulfonamides is 1. The summed E-state index contributed by atoms with van der Waals surface area (Å²) in [4.78, 5) is -0.569. The van der Waals surface area contributed by atoms with Crippen LogP contribution in [0.15, 0.2) is 33.2 Å². The molecule has 0 atom stereocenters. The zero-order valence-electron chi connectivity index (χ0n) is 10.8. The fraction of sp³-hybridized carbons (Fsp3) is 0.333. The van der Waals surface area contributed by atoms with E-state index in [1.807, 2.05) is 6.08 Å². The molecule has 0 saturated heterocycles. The van der Waals surface area contributed by atoms with E-state index in [0.29, 0.717) is 12.6 Å². The predicted octanol–water partition coefficient (Wildman–Crippen LogP) is 2.35. The molecule has 0 bridgehead atoms. The van der Waals surface area contributed by atoms with E-state index in [2.05, 4.69) is 26.0 Å². The highest BCUT2D eigenvalue weighted by atomic mass is 79.9. The smallest absolute Gasteiger partial charge is 0.243 e. The van der Waals surface area contributed by atoms with E-state index in [-0.39, 0.29) is 23.4 Å². The van der Waals surface area contributed by atoms with Crippen LogP contribution in [0.25, 0.3) is 0 Å². The fourth-order valence-electron chi connectivity index (χ4n) is 1.81. The van der Waals surface area contributed by atoms with Gasteiger partial charge in [-0.1, -0.05) is 11.6 Å². The Bertz CT molecular complexity index is 653. The molecular formula is C12H14BrClF2N2O2S. The van der Waals surface area contributed by atoms with Crippen molar-refractivity contribution >= 4 is 38.4 Å². The summed E-state index contributed by atoms with van der Waals surface area (Å²) in [6.45, 7) is 1.59. The molecule has 1 aromatic carbocycles. The van der Waals surface area contributed by atoms with Crippen molar-refractivity contribution in [2.45, 2.75) is 11.3 Å². The summed E-state index contributed by atoms with van der Waals surface area (Å²) >= 11 is 2.85. The monoisotopic (exact) mass is 402 g/mol. The van der Waals surface area contributed by atoms with Gasteiger partial charge in [0, 0.05) is 19.2 Å². The topological polar surface area (TPSA) is 58.2 Å². The highest BCUT2D eigenvalue weighted by molar-refractivity contribution is 9.10.